The van der Waals surface area contributed by atoms with Crippen LogP contribution in [0, 0.1) is 0 Å². The quantitative estimate of drug-likeness (QED) is 0.547. The minimum absolute atomic E-state index is 0.0167. The molecule has 1 N–H and O–H groups in total. The van der Waals surface area contributed by atoms with Gasteiger partial charge in [0.2, 0.25) is 6.23 Å². The summed E-state index contributed by atoms with van der Waals surface area (Å²) in [6.45, 7) is -0.690. The summed E-state index contributed by atoms with van der Waals surface area (Å²) in [7, 11) is 0. The van der Waals surface area contributed by atoms with Crippen LogP contribution in [0.4, 0.5) is 8.78 Å². The van der Waals surface area contributed by atoms with Crippen LogP contribution in [0.2, 0.25) is 0 Å². The van der Waals surface area contributed by atoms with E-state index in [0.717, 1.165) is 12.3 Å². The van der Waals surface area contributed by atoms with Crippen molar-refractivity contribution in [1.29, 1.82) is 0 Å². The van der Waals surface area contributed by atoms with E-state index >= 15 is 8.78 Å². The number of aromatic nitrogens is 2. The molecule has 0 bridgehead atoms. The third kappa shape index (κ3) is 4.64. The molecule has 0 aliphatic carbocycles. The number of nitrogens with one attached hydrogen (secondary N) is 1. The predicted molar refractivity (Wildman–Crippen MR) is 113 cm³/mol. The number of ether oxygens (including phenoxy) is 3. The van der Waals surface area contributed by atoms with Gasteiger partial charge in [-0.3, -0.25) is 14.3 Å². The van der Waals surface area contributed by atoms with Gasteiger partial charge >= 0.3 is 23.6 Å². The molecular formula is C23H18F2N2O7. The fraction of sp³-hybridized carbons (Fsp3) is 0.217. The van der Waals surface area contributed by atoms with E-state index in [0.29, 0.717) is 4.57 Å². The molecule has 2 aromatic carbocycles. The Morgan fingerprint density at radius 2 is 1.53 bits per heavy atom. The lowest BCUT2D eigenvalue weighted by Crippen LogP contribution is -2.45. The van der Waals surface area contributed by atoms with Crippen LogP contribution in [0.5, 0.6) is 0 Å². The van der Waals surface area contributed by atoms with Crippen molar-refractivity contribution in [2.24, 2.45) is 0 Å². The van der Waals surface area contributed by atoms with E-state index in [4.69, 9.17) is 14.2 Å². The molecule has 1 aromatic heterocycles. The van der Waals surface area contributed by atoms with Crippen LogP contribution in [0.25, 0.3) is 0 Å². The molecule has 1 aliphatic rings. The third-order valence-electron chi connectivity index (χ3n) is 5.09. The normalized spacial score (nSPS) is 21.1. The van der Waals surface area contributed by atoms with Gasteiger partial charge in [-0.15, -0.1) is 0 Å². The Hall–Kier alpha value is -4.12. The first-order valence-electron chi connectivity index (χ1n) is 10.1. The van der Waals surface area contributed by atoms with Crippen LogP contribution in [0.3, 0.4) is 0 Å². The van der Waals surface area contributed by atoms with Gasteiger partial charge in [0.1, 0.15) is 12.7 Å². The molecule has 0 unspecified atom stereocenters. The Kier molecular flexibility index (Phi) is 6.37. The highest BCUT2D eigenvalue weighted by molar-refractivity contribution is 5.90. The van der Waals surface area contributed by atoms with Crippen molar-refractivity contribution in [1.82, 2.24) is 9.55 Å². The second kappa shape index (κ2) is 9.40. The Bertz CT molecular complexity index is 1290. The molecule has 11 heteroatoms. The summed E-state index contributed by atoms with van der Waals surface area (Å²) in [6, 6.07) is 16.1. The molecular weight excluding hydrogens is 454 g/mol. The zero-order valence-electron chi connectivity index (χ0n) is 17.4. The highest BCUT2D eigenvalue weighted by atomic mass is 19.3. The molecule has 1 fully saturated rings. The fourth-order valence-electron chi connectivity index (χ4n) is 3.43. The topological polar surface area (TPSA) is 117 Å². The maximum Gasteiger partial charge on any atom is 0.338 e. The predicted octanol–water partition coefficient (Wildman–Crippen LogP) is 2.15. The second-order valence-electron chi connectivity index (χ2n) is 7.38. The standard InChI is InChI=1S/C23H18F2N2O7/c24-23(25)18(34-20(30)15-9-5-2-6-10-15)16(13-32-19(29)14-7-3-1-4-8-14)33-21(23)27-12-11-17(28)26-22(27)31/h1-12,16,18,21H,13H2,(H,26,28,31)/t16-,18+,21-/m1/s1. The van der Waals surface area contributed by atoms with Gasteiger partial charge < -0.3 is 14.2 Å². The van der Waals surface area contributed by atoms with Crippen molar-refractivity contribution in [2.75, 3.05) is 6.61 Å². The lowest BCUT2D eigenvalue weighted by atomic mass is 10.1. The van der Waals surface area contributed by atoms with E-state index in [-0.39, 0.29) is 11.1 Å². The van der Waals surface area contributed by atoms with Crippen molar-refractivity contribution in [3.63, 3.8) is 0 Å². The van der Waals surface area contributed by atoms with Gasteiger partial charge in [0, 0.05) is 12.3 Å². The van der Waals surface area contributed by atoms with E-state index in [2.05, 4.69) is 0 Å². The molecule has 176 valence electrons. The molecule has 1 saturated heterocycles. The number of H-pyrrole nitrogens is 1. The van der Waals surface area contributed by atoms with E-state index in [1.165, 1.54) is 36.4 Å². The van der Waals surface area contributed by atoms with E-state index in [1.54, 1.807) is 24.3 Å². The van der Waals surface area contributed by atoms with E-state index in [1.807, 2.05) is 4.98 Å². The van der Waals surface area contributed by atoms with Crippen molar-refractivity contribution < 1.29 is 32.6 Å². The number of benzene rings is 2. The number of hydrogen-bond acceptors (Lipinski definition) is 7. The van der Waals surface area contributed by atoms with E-state index in [9.17, 15) is 19.2 Å². The number of esters is 2. The molecule has 9 nitrogen and oxygen atoms in total. The summed E-state index contributed by atoms with van der Waals surface area (Å²) in [4.78, 5) is 50.1. The number of alkyl halides is 2. The number of carbonyl (C=O) groups is 2. The molecule has 2 heterocycles. The second-order valence-corrected chi connectivity index (χ2v) is 7.38. The number of aromatic amines is 1. The average Bonchev–Trinajstić information content (AvgIpc) is 3.08. The first-order chi connectivity index (χ1) is 16.3. The van der Waals surface area contributed by atoms with Crippen molar-refractivity contribution >= 4 is 11.9 Å². The molecule has 3 atom stereocenters. The highest BCUT2D eigenvalue weighted by Gasteiger charge is 2.62. The minimum atomic E-state index is -3.92. The molecule has 0 spiro atoms. The Balaban J connectivity index is 1.62. The highest BCUT2D eigenvalue weighted by Crippen LogP contribution is 2.44. The lowest BCUT2D eigenvalue weighted by Gasteiger charge is -2.24. The summed E-state index contributed by atoms with van der Waals surface area (Å²) in [5, 5.41) is 0. The van der Waals surface area contributed by atoms with Crippen LogP contribution >= 0.6 is 0 Å². The number of nitrogens with zero attached hydrogens (tertiary/aromatic N) is 1. The molecule has 3 aromatic rings. The van der Waals surface area contributed by atoms with Gasteiger partial charge in [0.25, 0.3) is 5.56 Å². The SMILES string of the molecule is O=C(OC[C@H]1O[C@@H](n2ccc(=O)[nH]c2=O)C(F)(F)[C@H]1OC(=O)c1ccccc1)c1ccccc1. The van der Waals surface area contributed by atoms with Gasteiger partial charge in [0.15, 0.2) is 6.10 Å². The van der Waals surface area contributed by atoms with Crippen LogP contribution in [-0.4, -0.2) is 46.2 Å². The Labute approximate surface area is 190 Å². The molecule has 4 rings (SSSR count). The molecule has 0 amide bonds. The number of halogens is 2. The summed E-state index contributed by atoms with van der Waals surface area (Å²) in [5.74, 6) is -5.77. The Morgan fingerprint density at radius 1 is 0.941 bits per heavy atom. The first-order valence-corrected chi connectivity index (χ1v) is 10.1. The van der Waals surface area contributed by atoms with Crippen LogP contribution < -0.4 is 11.2 Å². The van der Waals surface area contributed by atoms with Crippen LogP contribution in [0.1, 0.15) is 26.9 Å². The molecule has 34 heavy (non-hydrogen) atoms. The monoisotopic (exact) mass is 472 g/mol. The Morgan fingerprint density at radius 3 is 2.12 bits per heavy atom. The number of hydrogen-bond donors (Lipinski definition) is 1. The first kappa shape index (κ1) is 23.1. The number of carbonyl (C=O) groups excluding carboxylic acids is 2. The minimum Gasteiger partial charge on any atom is -0.459 e. The molecule has 0 radical (unpaired) electrons. The zero-order chi connectivity index (χ0) is 24.3. The zero-order valence-corrected chi connectivity index (χ0v) is 17.4. The van der Waals surface area contributed by atoms with E-state index < -0.39 is 54.2 Å². The summed E-state index contributed by atoms with van der Waals surface area (Å²) >= 11 is 0. The maximum atomic E-state index is 15.4. The van der Waals surface area contributed by atoms with Crippen molar-refractivity contribution in [3.8, 4) is 0 Å². The molecule has 1 aliphatic heterocycles. The smallest absolute Gasteiger partial charge is 0.338 e. The van der Waals surface area contributed by atoms with Gasteiger partial charge in [-0.05, 0) is 24.3 Å². The summed E-state index contributed by atoms with van der Waals surface area (Å²) in [6.07, 6.45) is -5.20. The van der Waals surface area contributed by atoms with Gasteiger partial charge in [-0.1, -0.05) is 36.4 Å². The van der Waals surface area contributed by atoms with Gasteiger partial charge in [-0.25, -0.2) is 14.4 Å². The summed E-state index contributed by atoms with van der Waals surface area (Å²) < 4.78 is 46.9. The number of rotatable bonds is 6. The van der Waals surface area contributed by atoms with Gasteiger partial charge in [-0.2, -0.15) is 8.78 Å². The van der Waals surface area contributed by atoms with Crippen molar-refractivity contribution in [2.45, 2.75) is 24.4 Å². The third-order valence-corrected chi connectivity index (χ3v) is 5.09. The average molecular weight is 472 g/mol. The van der Waals surface area contributed by atoms with Crippen molar-refractivity contribution in [3.05, 3.63) is 105 Å². The van der Waals surface area contributed by atoms with Gasteiger partial charge in [0.05, 0.1) is 11.1 Å². The maximum absolute atomic E-state index is 15.4. The lowest BCUT2D eigenvalue weighted by molar-refractivity contribution is -0.142. The molecule has 0 saturated carbocycles. The fourth-order valence-corrected chi connectivity index (χ4v) is 3.43. The summed E-state index contributed by atoms with van der Waals surface area (Å²) in [5.41, 5.74) is -1.74. The van der Waals surface area contributed by atoms with Crippen LogP contribution in [0.15, 0.2) is 82.5 Å². The van der Waals surface area contributed by atoms with Crippen LogP contribution in [-0.2, 0) is 14.2 Å². The largest absolute Gasteiger partial charge is 0.459 e.